The van der Waals surface area contributed by atoms with Crippen LogP contribution < -0.4 is 5.32 Å². The first kappa shape index (κ1) is 11.2. The molecule has 0 saturated heterocycles. The number of aliphatic hydroxyl groups is 1. The number of rotatable bonds is 1. The molecule has 2 unspecified atom stereocenters. The van der Waals surface area contributed by atoms with Crippen LogP contribution in [0.25, 0.3) is 10.8 Å². The summed E-state index contributed by atoms with van der Waals surface area (Å²) in [5, 5.41) is 15.5. The standard InChI is InChI=1S/C15H15NO2/c1-9(17)16-13-8-11-6-2-4-10-5-3-7-12(14(10)11)15(13)18/h2-7,13,15,18H,8H2,1H3,(H,16,17). The fourth-order valence-electron chi connectivity index (χ4n) is 2.82. The topological polar surface area (TPSA) is 49.3 Å². The average molecular weight is 241 g/mol. The molecule has 0 aliphatic heterocycles. The number of aliphatic hydroxyl groups excluding tert-OH is 1. The van der Waals surface area contributed by atoms with E-state index in [0.29, 0.717) is 6.42 Å². The fraction of sp³-hybridized carbons (Fsp3) is 0.267. The molecule has 3 nitrogen and oxygen atoms in total. The van der Waals surface area contributed by atoms with Gasteiger partial charge in [0.2, 0.25) is 5.91 Å². The fourth-order valence-corrected chi connectivity index (χ4v) is 2.82. The molecule has 92 valence electrons. The van der Waals surface area contributed by atoms with Crippen LogP contribution in [0.15, 0.2) is 36.4 Å². The number of nitrogens with one attached hydrogen (secondary N) is 1. The second kappa shape index (κ2) is 4.10. The Balaban J connectivity index is 2.14. The molecule has 1 aliphatic carbocycles. The van der Waals surface area contributed by atoms with Crippen molar-refractivity contribution in [3.63, 3.8) is 0 Å². The molecule has 2 N–H and O–H groups in total. The van der Waals surface area contributed by atoms with Gasteiger partial charge in [-0.3, -0.25) is 4.79 Å². The van der Waals surface area contributed by atoms with Crippen molar-refractivity contribution in [1.82, 2.24) is 5.32 Å². The molecule has 0 radical (unpaired) electrons. The SMILES string of the molecule is CC(=O)NC1Cc2cccc3cccc(c23)C1O. The zero-order valence-electron chi connectivity index (χ0n) is 10.2. The molecule has 0 spiro atoms. The van der Waals surface area contributed by atoms with Crippen LogP contribution in [0.1, 0.15) is 24.2 Å². The molecule has 1 aliphatic rings. The van der Waals surface area contributed by atoms with Gasteiger partial charge in [0, 0.05) is 6.92 Å². The van der Waals surface area contributed by atoms with Gasteiger partial charge in [-0.05, 0) is 28.3 Å². The second-order valence-corrected chi connectivity index (χ2v) is 4.82. The average Bonchev–Trinajstić information content (AvgIpc) is 2.35. The van der Waals surface area contributed by atoms with Crippen molar-refractivity contribution < 1.29 is 9.90 Å². The van der Waals surface area contributed by atoms with Gasteiger partial charge in [-0.1, -0.05) is 36.4 Å². The highest BCUT2D eigenvalue weighted by atomic mass is 16.3. The number of hydrogen-bond donors (Lipinski definition) is 2. The van der Waals surface area contributed by atoms with Crippen molar-refractivity contribution in [2.75, 3.05) is 0 Å². The van der Waals surface area contributed by atoms with E-state index in [0.717, 1.165) is 16.3 Å². The highest BCUT2D eigenvalue weighted by molar-refractivity contribution is 5.90. The van der Waals surface area contributed by atoms with E-state index in [2.05, 4.69) is 11.4 Å². The lowest BCUT2D eigenvalue weighted by Crippen LogP contribution is -2.41. The zero-order chi connectivity index (χ0) is 12.7. The molecule has 1 amide bonds. The maximum atomic E-state index is 11.2. The van der Waals surface area contributed by atoms with E-state index in [1.165, 1.54) is 12.5 Å². The maximum absolute atomic E-state index is 11.2. The molecule has 0 heterocycles. The van der Waals surface area contributed by atoms with Crippen LogP contribution in [0.4, 0.5) is 0 Å². The highest BCUT2D eigenvalue weighted by Gasteiger charge is 2.29. The molecule has 0 saturated carbocycles. The molecular weight excluding hydrogens is 226 g/mol. The number of benzene rings is 2. The molecule has 0 aromatic heterocycles. The largest absolute Gasteiger partial charge is 0.386 e. The molecule has 2 aromatic carbocycles. The van der Waals surface area contributed by atoms with Gasteiger partial charge in [-0.15, -0.1) is 0 Å². The van der Waals surface area contributed by atoms with Crippen molar-refractivity contribution in [2.24, 2.45) is 0 Å². The summed E-state index contributed by atoms with van der Waals surface area (Å²) in [6, 6.07) is 11.8. The van der Waals surface area contributed by atoms with Crippen LogP contribution in [-0.4, -0.2) is 17.1 Å². The summed E-state index contributed by atoms with van der Waals surface area (Å²) in [5.74, 6) is -0.106. The predicted molar refractivity (Wildman–Crippen MR) is 70.2 cm³/mol. The van der Waals surface area contributed by atoms with Crippen LogP contribution in [-0.2, 0) is 11.2 Å². The number of amides is 1. The zero-order valence-corrected chi connectivity index (χ0v) is 10.2. The lowest BCUT2D eigenvalue weighted by atomic mass is 9.84. The Bertz CT molecular complexity index is 616. The summed E-state index contributed by atoms with van der Waals surface area (Å²) in [6.07, 6.45) is 0.0437. The summed E-state index contributed by atoms with van der Waals surface area (Å²) in [5.41, 5.74) is 2.10. The summed E-state index contributed by atoms with van der Waals surface area (Å²) < 4.78 is 0. The third-order valence-corrected chi connectivity index (χ3v) is 3.55. The summed E-state index contributed by atoms with van der Waals surface area (Å²) in [7, 11) is 0. The molecule has 18 heavy (non-hydrogen) atoms. The monoisotopic (exact) mass is 241 g/mol. The Kier molecular flexibility index (Phi) is 2.56. The van der Waals surface area contributed by atoms with Gasteiger partial charge in [0.15, 0.2) is 0 Å². The molecular formula is C15H15NO2. The van der Waals surface area contributed by atoms with E-state index in [1.54, 1.807) is 0 Å². The molecule has 2 atom stereocenters. The van der Waals surface area contributed by atoms with E-state index < -0.39 is 6.10 Å². The maximum Gasteiger partial charge on any atom is 0.217 e. The summed E-state index contributed by atoms with van der Waals surface area (Å²) >= 11 is 0. The van der Waals surface area contributed by atoms with Crippen molar-refractivity contribution in [2.45, 2.75) is 25.5 Å². The van der Waals surface area contributed by atoms with Gasteiger partial charge < -0.3 is 10.4 Å². The molecule has 3 heteroatoms. The van der Waals surface area contributed by atoms with Gasteiger partial charge in [0.05, 0.1) is 6.04 Å². The number of hydrogen-bond acceptors (Lipinski definition) is 2. The Morgan fingerprint density at radius 3 is 2.72 bits per heavy atom. The molecule has 3 rings (SSSR count). The Morgan fingerprint density at radius 1 is 1.28 bits per heavy atom. The van der Waals surface area contributed by atoms with Crippen LogP contribution in [0, 0.1) is 0 Å². The van der Waals surface area contributed by atoms with Gasteiger partial charge in [0.25, 0.3) is 0 Å². The third-order valence-electron chi connectivity index (χ3n) is 3.55. The smallest absolute Gasteiger partial charge is 0.217 e. The Morgan fingerprint density at radius 2 is 2.00 bits per heavy atom. The van der Waals surface area contributed by atoms with Gasteiger partial charge in [-0.2, -0.15) is 0 Å². The van der Waals surface area contributed by atoms with E-state index in [1.807, 2.05) is 30.3 Å². The van der Waals surface area contributed by atoms with Crippen LogP contribution >= 0.6 is 0 Å². The minimum Gasteiger partial charge on any atom is -0.386 e. The first-order valence-corrected chi connectivity index (χ1v) is 6.12. The van der Waals surface area contributed by atoms with Crippen LogP contribution in [0.3, 0.4) is 0 Å². The van der Waals surface area contributed by atoms with E-state index >= 15 is 0 Å². The van der Waals surface area contributed by atoms with E-state index in [4.69, 9.17) is 0 Å². The second-order valence-electron chi connectivity index (χ2n) is 4.82. The Labute approximate surface area is 105 Å². The third kappa shape index (κ3) is 1.68. The van der Waals surface area contributed by atoms with Crippen molar-refractivity contribution in [3.8, 4) is 0 Å². The van der Waals surface area contributed by atoms with Crippen LogP contribution in [0.2, 0.25) is 0 Å². The van der Waals surface area contributed by atoms with E-state index in [-0.39, 0.29) is 11.9 Å². The lowest BCUT2D eigenvalue weighted by molar-refractivity contribution is -0.120. The Hall–Kier alpha value is -1.87. The molecule has 0 bridgehead atoms. The minimum atomic E-state index is -0.632. The van der Waals surface area contributed by atoms with Gasteiger partial charge >= 0.3 is 0 Å². The summed E-state index contributed by atoms with van der Waals surface area (Å²) in [6.45, 7) is 1.48. The number of carbonyl (C=O) groups excluding carboxylic acids is 1. The van der Waals surface area contributed by atoms with Crippen molar-refractivity contribution in [3.05, 3.63) is 47.5 Å². The first-order chi connectivity index (χ1) is 8.66. The lowest BCUT2D eigenvalue weighted by Gasteiger charge is -2.30. The summed E-state index contributed by atoms with van der Waals surface area (Å²) in [4.78, 5) is 11.2. The van der Waals surface area contributed by atoms with Gasteiger partial charge in [-0.25, -0.2) is 0 Å². The first-order valence-electron chi connectivity index (χ1n) is 6.12. The van der Waals surface area contributed by atoms with Crippen LogP contribution in [0.5, 0.6) is 0 Å². The number of carbonyl (C=O) groups is 1. The molecule has 2 aromatic rings. The van der Waals surface area contributed by atoms with Gasteiger partial charge in [0.1, 0.15) is 6.10 Å². The van der Waals surface area contributed by atoms with Crippen molar-refractivity contribution in [1.29, 1.82) is 0 Å². The highest BCUT2D eigenvalue weighted by Crippen LogP contribution is 2.35. The minimum absolute atomic E-state index is 0.106. The quantitative estimate of drug-likeness (QED) is 0.801. The van der Waals surface area contributed by atoms with Crippen molar-refractivity contribution >= 4 is 16.7 Å². The van der Waals surface area contributed by atoms with E-state index in [9.17, 15) is 9.90 Å². The molecule has 0 fully saturated rings. The predicted octanol–water partition coefficient (Wildman–Crippen LogP) is 1.93. The normalized spacial score (nSPS) is 21.9.